The minimum atomic E-state index is -0.935. The van der Waals surface area contributed by atoms with Gasteiger partial charge in [-0.3, -0.25) is 29.4 Å². The molecule has 1 saturated carbocycles. The van der Waals surface area contributed by atoms with E-state index in [2.05, 4.69) is 16.0 Å². The summed E-state index contributed by atoms with van der Waals surface area (Å²) in [4.78, 5) is 50.4. The molecule has 4 aliphatic rings. The molecule has 0 aromatic heterocycles. The highest BCUT2D eigenvalue weighted by Gasteiger charge is 2.48. The molecule has 1 aromatic carbocycles. The average Bonchev–Trinajstić information content (AvgIpc) is 2.84. The second-order valence-electron chi connectivity index (χ2n) is 8.43. The number of imide groups is 2. The van der Waals surface area contributed by atoms with Gasteiger partial charge in [-0.25, -0.2) is 0 Å². The molecule has 1 aliphatic carbocycles. The minimum Gasteiger partial charge on any atom is -0.384 e. The maximum Gasteiger partial charge on any atom is 0.264 e. The van der Waals surface area contributed by atoms with Gasteiger partial charge in [-0.2, -0.15) is 0 Å². The molecule has 8 nitrogen and oxygen atoms in total. The smallest absolute Gasteiger partial charge is 0.264 e. The molecule has 3 fully saturated rings. The van der Waals surface area contributed by atoms with Crippen molar-refractivity contribution in [3.05, 3.63) is 29.3 Å². The van der Waals surface area contributed by atoms with Crippen LogP contribution in [0.3, 0.4) is 0 Å². The van der Waals surface area contributed by atoms with Crippen LogP contribution >= 0.6 is 0 Å². The molecule has 1 unspecified atom stereocenters. The standard InChI is InChI=1S/C20H22N4O4/c25-15-5-4-14(17(26)23-15)24-18(27)12-2-1-3-13(16(12)19(24)28)22-8-11-6-20(7-11)9-21-10-20/h1-3,11,14,21-22H,4-10H2,(H,23,25,26). The molecule has 0 bridgehead atoms. The van der Waals surface area contributed by atoms with Gasteiger partial charge in [0, 0.05) is 31.7 Å². The van der Waals surface area contributed by atoms with Crippen molar-refractivity contribution in [1.29, 1.82) is 0 Å². The molecular weight excluding hydrogens is 360 g/mol. The highest BCUT2D eigenvalue weighted by atomic mass is 16.2. The van der Waals surface area contributed by atoms with E-state index in [1.165, 1.54) is 12.8 Å². The molecule has 1 spiro atoms. The number of rotatable bonds is 4. The molecule has 3 N–H and O–H groups in total. The summed E-state index contributed by atoms with van der Waals surface area (Å²) < 4.78 is 0. The third-order valence-corrected chi connectivity index (χ3v) is 6.49. The average molecular weight is 382 g/mol. The van der Waals surface area contributed by atoms with Gasteiger partial charge in [0.1, 0.15) is 6.04 Å². The number of hydrogen-bond donors (Lipinski definition) is 3. The predicted molar refractivity (Wildman–Crippen MR) is 99.6 cm³/mol. The Balaban J connectivity index is 1.33. The largest absolute Gasteiger partial charge is 0.384 e. The zero-order valence-electron chi connectivity index (χ0n) is 15.4. The zero-order valence-corrected chi connectivity index (χ0v) is 15.4. The van der Waals surface area contributed by atoms with E-state index in [4.69, 9.17) is 0 Å². The number of carbonyl (C=O) groups is 4. The first kappa shape index (κ1) is 17.4. The number of fused-ring (bicyclic) bond motifs is 1. The number of hydrogen-bond acceptors (Lipinski definition) is 6. The molecule has 2 saturated heterocycles. The van der Waals surface area contributed by atoms with Crippen LogP contribution in [0.4, 0.5) is 5.69 Å². The quantitative estimate of drug-likeness (QED) is 0.655. The Kier molecular flexibility index (Phi) is 3.80. The van der Waals surface area contributed by atoms with E-state index < -0.39 is 23.8 Å². The Labute approximate surface area is 162 Å². The van der Waals surface area contributed by atoms with Gasteiger partial charge in [-0.15, -0.1) is 0 Å². The van der Waals surface area contributed by atoms with Crippen LogP contribution in [0.1, 0.15) is 46.4 Å². The van der Waals surface area contributed by atoms with Crippen LogP contribution in [0.15, 0.2) is 18.2 Å². The lowest BCUT2D eigenvalue weighted by Crippen LogP contribution is -2.61. The normalized spacial score (nSPS) is 26.0. The van der Waals surface area contributed by atoms with E-state index in [1.54, 1.807) is 18.2 Å². The molecule has 28 heavy (non-hydrogen) atoms. The molecule has 5 rings (SSSR count). The maximum atomic E-state index is 13.0. The van der Waals surface area contributed by atoms with Gasteiger partial charge in [-0.05, 0) is 42.7 Å². The molecule has 1 atom stereocenters. The fraction of sp³-hybridized carbons (Fsp3) is 0.500. The molecule has 1 aromatic rings. The summed E-state index contributed by atoms with van der Waals surface area (Å²) in [6.45, 7) is 2.95. The first-order valence-electron chi connectivity index (χ1n) is 9.77. The Hall–Kier alpha value is -2.74. The molecular formula is C20H22N4O4. The van der Waals surface area contributed by atoms with Gasteiger partial charge in [0.15, 0.2) is 0 Å². The third-order valence-electron chi connectivity index (χ3n) is 6.49. The summed E-state index contributed by atoms with van der Waals surface area (Å²) in [5, 5.41) is 8.89. The monoisotopic (exact) mass is 382 g/mol. The Bertz CT molecular complexity index is 899. The Morgan fingerprint density at radius 3 is 2.57 bits per heavy atom. The zero-order chi connectivity index (χ0) is 19.5. The summed E-state index contributed by atoms with van der Waals surface area (Å²) >= 11 is 0. The van der Waals surface area contributed by atoms with Crippen molar-refractivity contribution >= 4 is 29.3 Å². The van der Waals surface area contributed by atoms with Crippen molar-refractivity contribution in [2.75, 3.05) is 25.0 Å². The van der Waals surface area contributed by atoms with E-state index in [0.717, 1.165) is 24.5 Å². The van der Waals surface area contributed by atoms with Crippen molar-refractivity contribution < 1.29 is 19.2 Å². The van der Waals surface area contributed by atoms with Gasteiger partial charge in [0.05, 0.1) is 11.1 Å². The van der Waals surface area contributed by atoms with E-state index in [-0.39, 0.29) is 18.7 Å². The molecule has 4 amide bonds. The number of benzene rings is 1. The van der Waals surface area contributed by atoms with Crippen LogP contribution in [0, 0.1) is 11.3 Å². The highest BCUT2D eigenvalue weighted by molar-refractivity contribution is 6.25. The Morgan fingerprint density at radius 2 is 1.89 bits per heavy atom. The van der Waals surface area contributed by atoms with E-state index in [0.29, 0.717) is 28.1 Å². The van der Waals surface area contributed by atoms with E-state index in [9.17, 15) is 19.2 Å². The molecule has 0 radical (unpaired) electrons. The van der Waals surface area contributed by atoms with Gasteiger partial charge in [0.25, 0.3) is 11.8 Å². The Morgan fingerprint density at radius 1 is 1.11 bits per heavy atom. The van der Waals surface area contributed by atoms with Gasteiger partial charge < -0.3 is 10.6 Å². The lowest BCUT2D eigenvalue weighted by atomic mass is 9.58. The first-order chi connectivity index (χ1) is 13.5. The summed E-state index contributed by atoms with van der Waals surface area (Å²) in [6.07, 6.45) is 2.64. The molecule has 8 heteroatoms. The first-order valence-corrected chi connectivity index (χ1v) is 9.77. The number of piperidine rings is 1. The van der Waals surface area contributed by atoms with Crippen molar-refractivity contribution in [2.24, 2.45) is 11.3 Å². The second kappa shape index (κ2) is 6.13. The van der Waals surface area contributed by atoms with Crippen molar-refractivity contribution in [1.82, 2.24) is 15.5 Å². The van der Waals surface area contributed by atoms with Crippen molar-refractivity contribution in [3.8, 4) is 0 Å². The number of anilines is 1. The number of carbonyl (C=O) groups excluding carboxylic acids is 4. The maximum absolute atomic E-state index is 13.0. The minimum absolute atomic E-state index is 0.118. The number of amides is 4. The van der Waals surface area contributed by atoms with Crippen molar-refractivity contribution in [2.45, 2.75) is 31.7 Å². The predicted octanol–water partition coefficient (Wildman–Crippen LogP) is 0.499. The highest BCUT2D eigenvalue weighted by Crippen LogP contribution is 2.48. The fourth-order valence-corrected chi connectivity index (χ4v) is 4.99. The topological polar surface area (TPSA) is 108 Å². The van der Waals surface area contributed by atoms with Crippen LogP contribution in [0.25, 0.3) is 0 Å². The summed E-state index contributed by atoms with van der Waals surface area (Å²) in [7, 11) is 0. The van der Waals surface area contributed by atoms with Crippen LogP contribution in [0.5, 0.6) is 0 Å². The summed E-state index contributed by atoms with van der Waals surface area (Å²) in [5.74, 6) is -1.34. The van der Waals surface area contributed by atoms with Crippen LogP contribution in [-0.4, -0.2) is 54.2 Å². The van der Waals surface area contributed by atoms with Crippen LogP contribution in [0.2, 0.25) is 0 Å². The van der Waals surface area contributed by atoms with Gasteiger partial charge in [-0.1, -0.05) is 6.07 Å². The lowest BCUT2D eigenvalue weighted by molar-refractivity contribution is -0.136. The van der Waals surface area contributed by atoms with Crippen LogP contribution < -0.4 is 16.0 Å². The third kappa shape index (κ3) is 2.55. The SMILES string of the molecule is O=C1CCC(N2C(=O)c3cccc(NCC4CC5(CNC5)C4)c3C2=O)C(=O)N1. The molecule has 3 heterocycles. The van der Waals surface area contributed by atoms with E-state index in [1.807, 2.05) is 0 Å². The second-order valence-corrected chi connectivity index (χ2v) is 8.43. The number of nitrogens with one attached hydrogen (secondary N) is 3. The van der Waals surface area contributed by atoms with Gasteiger partial charge >= 0.3 is 0 Å². The lowest BCUT2D eigenvalue weighted by Gasteiger charge is -2.54. The van der Waals surface area contributed by atoms with Crippen LogP contribution in [-0.2, 0) is 9.59 Å². The van der Waals surface area contributed by atoms with Crippen molar-refractivity contribution in [3.63, 3.8) is 0 Å². The summed E-state index contributed by atoms with van der Waals surface area (Å²) in [5.41, 5.74) is 1.77. The van der Waals surface area contributed by atoms with Gasteiger partial charge in [0.2, 0.25) is 11.8 Å². The van der Waals surface area contributed by atoms with E-state index >= 15 is 0 Å². The number of nitrogens with zero attached hydrogens (tertiary/aromatic N) is 1. The summed E-state index contributed by atoms with van der Waals surface area (Å²) in [6, 6.07) is 4.23. The fourth-order valence-electron chi connectivity index (χ4n) is 4.99. The molecule has 3 aliphatic heterocycles. The molecule has 146 valence electrons.